The van der Waals surface area contributed by atoms with Crippen LogP contribution >= 0.6 is 23.2 Å². The summed E-state index contributed by atoms with van der Waals surface area (Å²) in [5.41, 5.74) is 6.33. The topological polar surface area (TPSA) is 38.4 Å². The van der Waals surface area contributed by atoms with Crippen LogP contribution in [0.4, 0.5) is 5.69 Å². The van der Waals surface area contributed by atoms with Gasteiger partial charge in [0.1, 0.15) is 5.84 Å². The summed E-state index contributed by atoms with van der Waals surface area (Å²) in [6, 6.07) is 5.12. The minimum atomic E-state index is 0.199. The largest absolute Gasteiger partial charge is 0.387 e. The molecule has 0 bridgehead atoms. The maximum Gasteiger partial charge on any atom is 0.102 e. The quantitative estimate of drug-likeness (QED) is 0.612. The van der Waals surface area contributed by atoms with Crippen molar-refractivity contribution < 1.29 is 0 Å². The van der Waals surface area contributed by atoms with Crippen LogP contribution in [-0.2, 0) is 0 Å². The molecule has 0 unspecified atom stereocenters. The highest BCUT2D eigenvalue weighted by Crippen LogP contribution is 2.28. The van der Waals surface area contributed by atoms with E-state index >= 15 is 0 Å². The van der Waals surface area contributed by atoms with E-state index < -0.39 is 0 Å². The molecule has 14 heavy (non-hydrogen) atoms. The lowest BCUT2D eigenvalue weighted by atomic mass is 10.2. The molecule has 0 radical (unpaired) electrons. The minimum absolute atomic E-state index is 0.199. The lowest BCUT2D eigenvalue weighted by molar-refractivity contribution is 0.873. The van der Waals surface area contributed by atoms with Crippen LogP contribution in [-0.4, -0.2) is 5.84 Å². The van der Waals surface area contributed by atoms with Crippen molar-refractivity contribution in [1.82, 2.24) is 0 Å². The SMILES string of the molecule is CC(C)C(N)=Nc1cc(Cl)ccc1Cl. The molecule has 0 atom stereocenters. The molecule has 1 rings (SSSR count). The third-order valence-corrected chi connectivity index (χ3v) is 2.30. The molecule has 0 aromatic heterocycles. The van der Waals surface area contributed by atoms with Gasteiger partial charge in [0.05, 0.1) is 10.7 Å². The van der Waals surface area contributed by atoms with Gasteiger partial charge in [-0.3, -0.25) is 0 Å². The van der Waals surface area contributed by atoms with Gasteiger partial charge in [0, 0.05) is 10.9 Å². The Kier molecular flexibility index (Phi) is 3.78. The third kappa shape index (κ3) is 2.89. The van der Waals surface area contributed by atoms with Gasteiger partial charge in [-0.1, -0.05) is 37.0 Å². The van der Waals surface area contributed by atoms with Crippen molar-refractivity contribution in [3.8, 4) is 0 Å². The summed E-state index contributed by atoms with van der Waals surface area (Å²) in [6.45, 7) is 3.94. The number of hydrogen-bond acceptors (Lipinski definition) is 1. The van der Waals surface area contributed by atoms with Crippen LogP contribution < -0.4 is 5.73 Å². The molecule has 0 heterocycles. The summed E-state index contributed by atoms with van der Waals surface area (Å²) >= 11 is 11.7. The zero-order chi connectivity index (χ0) is 10.7. The van der Waals surface area contributed by atoms with Crippen molar-refractivity contribution in [3.05, 3.63) is 28.2 Å². The molecule has 4 heteroatoms. The Balaban J connectivity index is 3.07. The summed E-state index contributed by atoms with van der Waals surface area (Å²) in [5.74, 6) is 0.749. The Morgan fingerprint density at radius 3 is 2.57 bits per heavy atom. The fraction of sp³-hybridized carbons (Fsp3) is 0.300. The van der Waals surface area contributed by atoms with Crippen LogP contribution in [0.15, 0.2) is 23.2 Å². The fourth-order valence-corrected chi connectivity index (χ4v) is 1.17. The van der Waals surface area contributed by atoms with E-state index in [9.17, 15) is 0 Å². The Morgan fingerprint density at radius 1 is 1.36 bits per heavy atom. The molecule has 0 amide bonds. The average Bonchev–Trinajstić information content (AvgIpc) is 2.11. The zero-order valence-corrected chi connectivity index (χ0v) is 9.60. The summed E-state index contributed by atoms with van der Waals surface area (Å²) in [4.78, 5) is 4.20. The van der Waals surface area contributed by atoms with E-state index in [-0.39, 0.29) is 5.92 Å². The van der Waals surface area contributed by atoms with Crippen molar-refractivity contribution in [1.29, 1.82) is 0 Å². The number of aliphatic imine (C=N–C) groups is 1. The Bertz CT molecular complexity index is 359. The van der Waals surface area contributed by atoms with Crippen molar-refractivity contribution in [2.24, 2.45) is 16.6 Å². The lowest BCUT2D eigenvalue weighted by Crippen LogP contribution is -2.18. The lowest BCUT2D eigenvalue weighted by Gasteiger charge is -2.05. The van der Waals surface area contributed by atoms with Crippen molar-refractivity contribution >= 4 is 34.7 Å². The molecule has 0 spiro atoms. The first-order chi connectivity index (χ1) is 6.50. The number of nitrogens with zero attached hydrogens (tertiary/aromatic N) is 1. The average molecular weight is 231 g/mol. The van der Waals surface area contributed by atoms with Crippen LogP contribution in [0.3, 0.4) is 0 Å². The second-order valence-electron chi connectivity index (χ2n) is 3.29. The van der Waals surface area contributed by atoms with E-state index in [4.69, 9.17) is 28.9 Å². The second kappa shape index (κ2) is 4.67. The molecule has 1 aromatic carbocycles. The molecule has 0 aliphatic rings. The first-order valence-electron chi connectivity index (χ1n) is 4.30. The van der Waals surface area contributed by atoms with Gasteiger partial charge in [0.25, 0.3) is 0 Å². The molecule has 2 N–H and O–H groups in total. The normalized spacial score (nSPS) is 12.2. The zero-order valence-electron chi connectivity index (χ0n) is 8.09. The van der Waals surface area contributed by atoms with Crippen molar-refractivity contribution in [2.45, 2.75) is 13.8 Å². The summed E-state index contributed by atoms with van der Waals surface area (Å²) in [5, 5.41) is 1.16. The van der Waals surface area contributed by atoms with Gasteiger partial charge in [-0.05, 0) is 18.2 Å². The van der Waals surface area contributed by atoms with Gasteiger partial charge in [-0.25, -0.2) is 4.99 Å². The van der Waals surface area contributed by atoms with E-state index in [0.717, 1.165) is 0 Å². The molecule has 0 aliphatic heterocycles. The first-order valence-corrected chi connectivity index (χ1v) is 5.05. The summed E-state index contributed by atoms with van der Waals surface area (Å²) < 4.78 is 0. The summed E-state index contributed by atoms with van der Waals surface area (Å²) in [7, 11) is 0. The van der Waals surface area contributed by atoms with E-state index in [1.165, 1.54) is 0 Å². The van der Waals surface area contributed by atoms with Crippen LogP contribution in [0, 0.1) is 5.92 Å². The fourth-order valence-electron chi connectivity index (χ4n) is 0.840. The highest BCUT2D eigenvalue weighted by atomic mass is 35.5. The Morgan fingerprint density at radius 2 is 2.00 bits per heavy atom. The maximum absolute atomic E-state index is 5.92. The highest BCUT2D eigenvalue weighted by molar-refractivity contribution is 6.35. The predicted molar refractivity (Wildman–Crippen MR) is 62.6 cm³/mol. The van der Waals surface area contributed by atoms with Gasteiger partial charge < -0.3 is 5.73 Å². The molecule has 76 valence electrons. The number of halogens is 2. The Hall–Kier alpha value is -0.730. The molecular weight excluding hydrogens is 219 g/mol. The molecule has 2 nitrogen and oxygen atoms in total. The van der Waals surface area contributed by atoms with Crippen LogP contribution in [0.2, 0.25) is 10.0 Å². The number of benzene rings is 1. The van der Waals surface area contributed by atoms with Crippen molar-refractivity contribution in [3.63, 3.8) is 0 Å². The molecule has 0 fully saturated rings. The monoisotopic (exact) mass is 230 g/mol. The number of hydrogen-bond donors (Lipinski definition) is 1. The minimum Gasteiger partial charge on any atom is -0.387 e. The van der Waals surface area contributed by atoms with Gasteiger partial charge in [0.2, 0.25) is 0 Å². The third-order valence-electron chi connectivity index (χ3n) is 1.75. The highest BCUT2D eigenvalue weighted by Gasteiger charge is 2.03. The molecule has 0 saturated carbocycles. The Labute approximate surface area is 93.7 Å². The van der Waals surface area contributed by atoms with Crippen LogP contribution in [0.1, 0.15) is 13.8 Å². The molecule has 1 aromatic rings. The number of rotatable bonds is 2. The van der Waals surface area contributed by atoms with E-state index in [0.29, 0.717) is 21.6 Å². The van der Waals surface area contributed by atoms with Gasteiger partial charge >= 0.3 is 0 Å². The van der Waals surface area contributed by atoms with Crippen LogP contribution in [0.25, 0.3) is 0 Å². The first kappa shape index (κ1) is 11.3. The molecular formula is C10H12Cl2N2. The molecule has 0 aliphatic carbocycles. The van der Waals surface area contributed by atoms with Gasteiger partial charge in [-0.15, -0.1) is 0 Å². The molecule has 0 saturated heterocycles. The standard InChI is InChI=1S/C10H12Cl2N2/c1-6(2)10(13)14-9-5-7(11)3-4-8(9)12/h3-6H,1-2H3,(H2,13,14). The van der Waals surface area contributed by atoms with Gasteiger partial charge in [-0.2, -0.15) is 0 Å². The maximum atomic E-state index is 5.92. The second-order valence-corrected chi connectivity index (χ2v) is 4.13. The number of amidine groups is 1. The van der Waals surface area contributed by atoms with Crippen LogP contribution in [0.5, 0.6) is 0 Å². The number of nitrogens with two attached hydrogens (primary N) is 1. The summed E-state index contributed by atoms with van der Waals surface area (Å²) in [6.07, 6.45) is 0. The van der Waals surface area contributed by atoms with E-state index in [1.54, 1.807) is 18.2 Å². The predicted octanol–water partition coefficient (Wildman–Crippen LogP) is 3.64. The van der Waals surface area contributed by atoms with E-state index in [2.05, 4.69) is 4.99 Å². The van der Waals surface area contributed by atoms with E-state index in [1.807, 2.05) is 13.8 Å². The smallest absolute Gasteiger partial charge is 0.102 e. The van der Waals surface area contributed by atoms with Gasteiger partial charge in [0.15, 0.2) is 0 Å². The van der Waals surface area contributed by atoms with Crippen molar-refractivity contribution in [2.75, 3.05) is 0 Å².